The largest absolute Gasteiger partial charge is 0.333 e. The molecule has 88 valence electrons. The van der Waals surface area contributed by atoms with Crippen LogP contribution < -0.4 is 0 Å². The number of nitrogens with zero attached hydrogens (tertiary/aromatic N) is 4. The van der Waals surface area contributed by atoms with Crippen LogP contribution in [0.4, 0.5) is 0 Å². The van der Waals surface area contributed by atoms with Crippen LogP contribution in [0.25, 0.3) is 0 Å². The molecule has 4 nitrogen and oxygen atoms in total. The van der Waals surface area contributed by atoms with E-state index in [4.69, 9.17) is 11.6 Å². The molecule has 3 rings (SSSR count). The van der Waals surface area contributed by atoms with Gasteiger partial charge in [-0.1, -0.05) is 17.7 Å². The van der Waals surface area contributed by atoms with E-state index >= 15 is 0 Å². The first-order chi connectivity index (χ1) is 8.33. The van der Waals surface area contributed by atoms with Crippen molar-refractivity contribution >= 4 is 11.6 Å². The third kappa shape index (κ3) is 2.18. The van der Waals surface area contributed by atoms with E-state index in [1.54, 1.807) is 6.20 Å². The molecule has 0 fully saturated rings. The number of imidazole rings is 1. The molecular formula is C12H13ClN4. The third-order valence-corrected chi connectivity index (χ3v) is 3.39. The zero-order chi connectivity index (χ0) is 11.7. The first-order valence-corrected chi connectivity index (χ1v) is 6.02. The topological polar surface area (TPSA) is 34.0 Å². The summed E-state index contributed by atoms with van der Waals surface area (Å²) in [7, 11) is 0. The highest BCUT2D eigenvalue weighted by Crippen LogP contribution is 2.17. The van der Waals surface area contributed by atoms with E-state index in [-0.39, 0.29) is 0 Å². The molecule has 0 aliphatic carbocycles. The lowest BCUT2D eigenvalue weighted by molar-refractivity contribution is 0.208. The zero-order valence-corrected chi connectivity index (χ0v) is 10.1. The molecule has 3 heterocycles. The van der Waals surface area contributed by atoms with Crippen molar-refractivity contribution in [3.8, 4) is 0 Å². The number of aromatic nitrogens is 3. The molecule has 1 aliphatic rings. The van der Waals surface area contributed by atoms with E-state index < -0.39 is 0 Å². The predicted octanol–water partition coefficient (Wildman–Crippen LogP) is 1.95. The van der Waals surface area contributed by atoms with Gasteiger partial charge in [0.25, 0.3) is 0 Å². The van der Waals surface area contributed by atoms with Gasteiger partial charge in [-0.2, -0.15) is 0 Å². The van der Waals surface area contributed by atoms with Crippen LogP contribution in [0.3, 0.4) is 0 Å². The molecule has 0 radical (unpaired) electrons. The SMILES string of the molecule is Clc1ncccc1CN1CCn2ccnc2C1. The quantitative estimate of drug-likeness (QED) is 0.762. The van der Waals surface area contributed by atoms with Gasteiger partial charge in [-0.15, -0.1) is 0 Å². The maximum absolute atomic E-state index is 6.06. The highest BCUT2D eigenvalue weighted by atomic mass is 35.5. The Kier molecular flexibility index (Phi) is 2.82. The Morgan fingerprint density at radius 2 is 2.18 bits per heavy atom. The monoisotopic (exact) mass is 248 g/mol. The lowest BCUT2D eigenvalue weighted by Gasteiger charge is -2.27. The Balaban J connectivity index is 1.74. The van der Waals surface area contributed by atoms with Crippen molar-refractivity contribution < 1.29 is 0 Å². The summed E-state index contributed by atoms with van der Waals surface area (Å²) >= 11 is 6.06. The predicted molar refractivity (Wildman–Crippen MR) is 65.6 cm³/mol. The number of halogens is 1. The zero-order valence-electron chi connectivity index (χ0n) is 9.38. The highest BCUT2D eigenvalue weighted by Gasteiger charge is 2.17. The Morgan fingerprint density at radius 3 is 3.06 bits per heavy atom. The van der Waals surface area contributed by atoms with E-state index in [0.717, 1.165) is 37.6 Å². The molecular weight excluding hydrogens is 236 g/mol. The fourth-order valence-corrected chi connectivity index (χ4v) is 2.32. The summed E-state index contributed by atoms with van der Waals surface area (Å²) in [5.74, 6) is 1.12. The van der Waals surface area contributed by atoms with Crippen molar-refractivity contribution in [1.82, 2.24) is 19.4 Å². The summed E-state index contributed by atoms with van der Waals surface area (Å²) in [6.07, 6.45) is 5.61. The van der Waals surface area contributed by atoms with Crippen molar-refractivity contribution in [3.63, 3.8) is 0 Å². The fourth-order valence-electron chi connectivity index (χ4n) is 2.14. The van der Waals surface area contributed by atoms with Gasteiger partial charge in [0.1, 0.15) is 11.0 Å². The van der Waals surface area contributed by atoms with Crippen molar-refractivity contribution in [2.75, 3.05) is 6.54 Å². The Bertz CT molecular complexity index is 523. The molecule has 2 aromatic rings. The number of hydrogen-bond donors (Lipinski definition) is 0. The van der Waals surface area contributed by atoms with Crippen molar-refractivity contribution in [2.24, 2.45) is 0 Å². The number of fused-ring (bicyclic) bond motifs is 1. The van der Waals surface area contributed by atoms with Crippen LogP contribution in [-0.4, -0.2) is 26.0 Å². The van der Waals surface area contributed by atoms with Crippen LogP contribution in [-0.2, 0) is 19.6 Å². The minimum atomic E-state index is 0.599. The van der Waals surface area contributed by atoms with Gasteiger partial charge in [0.05, 0.1) is 6.54 Å². The molecule has 0 unspecified atom stereocenters. The average molecular weight is 249 g/mol. The summed E-state index contributed by atoms with van der Waals surface area (Å²) in [6.45, 7) is 3.72. The second-order valence-electron chi connectivity index (χ2n) is 4.20. The smallest absolute Gasteiger partial charge is 0.133 e. The van der Waals surface area contributed by atoms with E-state index in [0.29, 0.717) is 5.15 Å². The van der Waals surface area contributed by atoms with E-state index in [1.165, 1.54) is 0 Å². The number of hydrogen-bond acceptors (Lipinski definition) is 3. The molecule has 0 saturated carbocycles. The summed E-state index contributed by atoms with van der Waals surface area (Å²) in [6, 6.07) is 3.95. The minimum absolute atomic E-state index is 0.599. The Labute approximate surface area is 105 Å². The molecule has 0 amide bonds. The van der Waals surface area contributed by atoms with Gasteiger partial charge in [0, 0.05) is 43.8 Å². The maximum atomic E-state index is 6.06. The van der Waals surface area contributed by atoms with Crippen molar-refractivity contribution in [3.05, 3.63) is 47.3 Å². The normalized spacial score (nSPS) is 15.8. The van der Waals surface area contributed by atoms with Gasteiger partial charge < -0.3 is 4.57 Å². The maximum Gasteiger partial charge on any atom is 0.133 e. The lowest BCUT2D eigenvalue weighted by atomic mass is 10.2. The van der Waals surface area contributed by atoms with Gasteiger partial charge >= 0.3 is 0 Å². The van der Waals surface area contributed by atoms with E-state index in [2.05, 4.69) is 19.4 Å². The van der Waals surface area contributed by atoms with Gasteiger partial charge in [-0.05, 0) is 6.07 Å². The van der Waals surface area contributed by atoms with Crippen molar-refractivity contribution in [1.29, 1.82) is 0 Å². The standard InChI is InChI=1S/C12H13ClN4/c13-12-10(2-1-3-15-12)8-16-6-7-17-5-4-14-11(17)9-16/h1-5H,6-9H2. The summed E-state index contributed by atoms with van der Waals surface area (Å²) in [5, 5.41) is 0.599. The molecule has 0 aromatic carbocycles. The molecule has 1 aliphatic heterocycles. The Hall–Kier alpha value is -1.39. The van der Waals surface area contributed by atoms with Crippen LogP contribution in [0.2, 0.25) is 5.15 Å². The Morgan fingerprint density at radius 1 is 1.24 bits per heavy atom. The molecule has 0 spiro atoms. The lowest BCUT2D eigenvalue weighted by Crippen LogP contribution is -2.33. The summed E-state index contributed by atoms with van der Waals surface area (Å²) in [5.41, 5.74) is 1.08. The summed E-state index contributed by atoms with van der Waals surface area (Å²) < 4.78 is 2.20. The third-order valence-electron chi connectivity index (χ3n) is 3.05. The second kappa shape index (κ2) is 4.47. The summed E-state index contributed by atoms with van der Waals surface area (Å²) in [4.78, 5) is 10.8. The highest BCUT2D eigenvalue weighted by molar-refractivity contribution is 6.30. The average Bonchev–Trinajstić information content (AvgIpc) is 2.79. The minimum Gasteiger partial charge on any atom is -0.333 e. The molecule has 0 bridgehead atoms. The molecule has 17 heavy (non-hydrogen) atoms. The van der Waals surface area contributed by atoms with Gasteiger partial charge in [0.15, 0.2) is 0 Å². The van der Waals surface area contributed by atoms with Gasteiger partial charge in [-0.3, -0.25) is 4.90 Å². The van der Waals surface area contributed by atoms with E-state index in [1.807, 2.05) is 24.5 Å². The fraction of sp³-hybridized carbons (Fsp3) is 0.333. The number of rotatable bonds is 2. The molecule has 5 heteroatoms. The second-order valence-corrected chi connectivity index (χ2v) is 4.56. The first-order valence-electron chi connectivity index (χ1n) is 5.65. The molecule has 2 aromatic heterocycles. The van der Waals surface area contributed by atoms with Gasteiger partial charge in [-0.25, -0.2) is 9.97 Å². The molecule has 0 N–H and O–H groups in total. The molecule has 0 atom stereocenters. The first kappa shape index (κ1) is 10.7. The van der Waals surface area contributed by atoms with Crippen LogP contribution >= 0.6 is 11.6 Å². The van der Waals surface area contributed by atoms with Crippen LogP contribution in [0, 0.1) is 0 Å². The van der Waals surface area contributed by atoms with Crippen LogP contribution in [0.15, 0.2) is 30.7 Å². The van der Waals surface area contributed by atoms with Crippen LogP contribution in [0.5, 0.6) is 0 Å². The molecule has 0 saturated heterocycles. The van der Waals surface area contributed by atoms with Crippen molar-refractivity contribution in [2.45, 2.75) is 19.6 Å². The number of pyridine rings is 1. The van der Waals surface area contributed by atoms with E-state index in [9.17, 15) is 0 Å². The van der Waals surface area contributed by atoms with Crippen LogP contribution in [0.1, 0.15) is 11.4 Å². The van der Waals surface area contributed by atoms with Gasteiger partial charge in [0.2, 0.25) is 0 Å².